The Bertz CT molecular complexity index is 430. The van der Waals surface area contributed by atoms with E-state index in [1.54, 1.807) is 0 Å². The summed E-state index contributed by atoms with van der Waals surface area (Å²) in [7, 11) is 0. The zero-order valence-electron chi connectivity index (χ0n) is 12.7. The van der Waals surface area contributed by atoms with Crippen molar-refractivity contribution in [3.8, 4) is 0 Å². The van der Waals surface area contributed by atoms with E-state index in [0.717, 1.165) is 37.3 Å². The van der Waals surface area contributed by atoms with Crippen molar-refractivity contribution in [2.75, 3.05) is 11.9 Å². The molecular weight excluding hydrogens is 274 g/mol. The van der Waals surface area contributed by atoms with Crippen molar-refractivity contribution in [1.82, 2.24) is 5.32 Å². The molecule has 1 aromatic rings. The second-order valence-corrected chi connectivity index (χ2v) is 5.57. The molecule has 0 aliphatic carbocycles. The summed E-state index contributed by atoms with van der Waals surface area (Å²) in [6, 6.07) is 2.88. The van der Waals surface area contributed by atoms with Gasteiger partial charge in [-0.05, 0) is 24.5 Å². The van der Waals surface area contributed by atoms with E-state index >= 15 is 0 Å². The number of carbonyl (C=O) groups is 1. The second kappa shape index (κ2) is 9.32. The highest BCUT2D eigenvalue weighted by atomic mass is 19.1. The minimum Gasteiger partial charge on any atom is -0.338 e. The number of urea groups is 1. The predicted octanol–water partition coefficient (Wildman–Crippen LogP) is 4.69. The van der Waals surface area contributed by atoms with Gasteiger partial charge in [0.15, 0.2) is 0 Å². The predicted molar refractivity (Wildman–Crippen MR) is 81.3 cm³/mol. The number of benzene rings is 1. The SMILES string of the molecule is CC(C)CCCCCCNC(=O)Nc1c(F)cccc1F. The number of amides is 2. The highest BCUT2D eigenvalue weighted by Gasteiger charge is 2.10. The molecule has 0 aliphatic rings. The molecule has 0 radical (unpaired) electrons. The molecule has 0 saturated heterocycles. The number of halogens is 2. The smallest absolute Gasteiger partial charge is 0.319 e. The molecule has 21 heavy (non-hydrogen) atoms. The van der Waals surface area contributed by atoms with Gasteiger partial charge in [0, 0.05) is 6.54 Å². The van der Waals surface area contributed by atoms with Crippen LogP contribution in [0.3, 0.4) is 0 Å². The molecule has 1 aromatic carbocycles. The Balaban J connectivity index is 2.17. The summed E-state index contributed by atoms with van der Waals surface area (Å²) in [6.07, 6.45) is 5.47. The van der Waals surface area contributed by atoms with Crippen molar-refractivity contribution >= 4 is 11.7 Å². The first-order valence-electron chi connectivity index (χ1n) is 7.49. The van der Waals surface area contributed by atoms with Gasteiger partial charge in [0.05, 0.1) is 0 Å². The lowest BCUT2D eigenvalue weighted by molar-refractivity contribution is 0.251. The fourth-order valence-electron chi connectivity index (χ4n) is 2.01. The summed E-state index contributed by atoms with van der Waals surface area (Å²) < 4.78 is 26.6. The molecule has 2 N–H and O–H groups in total. The third kappa shape index (κ3) is 7.06. The van der Waals surface area contributed by atoms with Gasteiger partial charge in [0.25, 0.3) is 0 Å². The maximum absolute atomic E-state index is 13.3. The van der Waals surface area contributed by atoms with Gasteiger partial charge >= 0.3 is 6.03 Å². The number of hydrogen-bond acceptors (Lipinski definition) is 1. The zero-order valence-corrected chi connectivity index (χ0v) is 12.7. The van der Waals surface area contributed by atoms with Gasteiger partial charge in [-0.3, -0.25) is 0 Å². The van der Waals surface area contributed by atoms with Gasteiger partial charge in [-0.1, -0.05) is 45.6 Å². The molecule has 1 rings (SSSR count). The number of carbonyl (C=O) groups excluding carboxylic acids is 1. The van der Waals surface area contributed by atoms with Crippen LogP contribution < -0.4 is 10.6 Å². The minimum atomic E-state index is -0.779. The zero-order chi connectivity index (χ0) is 15.7. The summed E-state index contributed by atoms with van der Waals surface area (Å²) in [5, 5.41) is 4.80. The molecule has 0 atom stereocenters. The van der Waals surface area contributed by atoms with Crippen LogP contribution in [0.15, 0.2) is 18.2 Å². The molecule has 0 heterocycles. The highest BCUT2D eigenvalue weighted by Crippen LogP contribution is 2.17. The van der Waals surface area contributed by atoms with Crippen LogP contribution in [-0.4, -0.2) is 12.6 Å². The normalized spacial score (nSPS) is 10.7. The van der Waals surface area contributed by atoms with Crippen molar-refractivity contribution in [3.05, 3.63) is 29.8 Å². The van der Waals surface area contributed by atoms with Gasteiger partial charge < -0.3 is 10.6 Å². The maximum Gasteiger partial charge on any atom is 0.319 e. The summed E-state index contributed by atoms with van der Waals surface area (Å²) in [5.74, 6) is -0.831. The van der Waals surface area contributed by atoms with Crippen LogP contribution in [0.25, 0.3) is 0 Å². The van der Waals surface area contributed by atoms with E-state index in [9.17, 15) is 13.6 Å². The summed E-state index contributed by atoms with van der Waals surface area (Å²) >= 11 is 0. The Kier molecular flexibility index (Phi) is 7.72. The molecule has 3 nitrogen and oxygen atoms in total. The maximum atomic E-state index is 13.3. The Morgan fingerprint density at radius 2 is 1.71 bits per heavy atom. The molecule has 0 aliphatic heterocycles. The van der Waals surface area contributed by atoms with Crippen LogP contribution >= 0.6 is 0 Å². The van der Waals surface area contributed by atoms with Crippen LogP contribution in [0.1, 0.15) is 46.0 Å². The van der Waals surface area contributed by atoms with Crippen LogP contribution in [0, 0.1) is 17.6 Å². The Hall–Kier alpha value is -1.65. The van der Waals surface area contributed by atoms with Crippen molar-refractivity contribution < 1.29 is 13.6 Å². The van der Waals surface area contributed by atoms with Gasteiger partial charge in [0.2, 0.25) is 0 Å². The quantitative estimate of drug-likeness (QED) is 0.671. The lowest BCUT2D eigenvalue weighted by Gasteiger charge is -2.09. The van der Waals surface area contributed by atoms with Crippen molar-refractivity contribution in [1.29, 1.82) is 0 Å². The van der Waals surface area contributed by atoms with E-state index in [4.69, 9.17) is 0 Å². The summed E-state index contributed by atoms with van der Waals surface area (Å²) in [6.45, 7) is 4.91. The van der Waals surface area contributed by atoms with E-state index in [-0.39, 0.29) is 0 Å². The summed E-state index contributed by atoms with van der Waals surface area (Å²) in [4.78, 5) is 11.5. The summed E-state index contributed by atoms with van der Waals surface area (Å²) in [5.41, 5.74) is -0.410. The molecule has 118 valence electrons. The van der Waals surface area contributed by atoms with Gasteiger partial charge in [0.1, 0.15) is 17.3 Å². The molecular formula is C16H24F2N2O. The number of unbranched alkanes of at least 4 members (excludes halogenated alkanes) is 3. The molecule has 0 spiro atoms. The number of nitrogens with one attached hydrogen (secondary N) is 2. The Labute approximate surface area is 125 Å². The first-order valence-corrected chi connectivity index (χ1v) is 7.49. The third-order valence-corrected chi connectivity index (χ3v) is 3.20. The third-order valence-electron chi connectivity index (χ3n) is 3.20. The first-order chi connectivity index (χ1) is 10.0. The Morgan fingerprint density at radius 3 is 2.33 bits per heavy atom. The minimum absolute atomic E-state index is 0.410. The molecule has 0 saturated carbocycles. The second-order valence-electron chi connectivity index (χ2n) is 5.57. The number of anilines is 1. The lowest BCUT2D eigenvalue weighted by atomic mass is 10.0. The topological polar surface area (TPSA) is 41.1 Å². The lowest BCUT2D eigenvalue weighted by Crippen LogP contribution is -2.30. The van der Waals surface area contributed by atoms with Crippen LogP contribution in [0.4, 0.5) is 19.3 Å². The van der Waals surface area contributed by atoms with Crippen LogP contribution in [0.5, 0.6) is 0 Å². The molecule has 2 amide bonds. The average Bonchev–Trinajstić information content (AvgIpc) is 2.41. The fourth-order valence-corrected chi connectivity index (χ4v) is 2.01. The first kappa shape index (κ1) is 17.4. The number of rotatable bonds is 8. The number of para-hydroxylation sites is 1. The molecule has 0 bridgehead atoms. The monoisotopic (exact) mass is 298 g/mol. The molecule has 5 heteroatoms. The number of hydrogen-bond donors (Lipinski definition) is 2. The molecule has 0 aromatic heterocycles. The van der Waals surface area contributed by atoms with E-state index in [2.05, 4.69) is 24.5 Å². The van der Waals surface area contributed by atoms with Gasteiger partial charge in [-0.25, -0.2) is 13.6 Å². The highest BCUT2D eigenvalue weighted by molar-refractivity contribution is 5.89. The largest absolute Gasteiger partial charge is 0.338 e. The molecule has 0 fully saturated rings. The standard InChI is InChI=1S/C16H24F2N2O/c1-12(2)8-5-3-4-6-11-19-16(21)20-15-13(17)9-7-10-14(15)18/h7,9-10,12H,3-6,8,11H2,1-2H3,(H2,19,20,21). The van der Waals surface area contributed by atoms with E-state index < -0.39 is 23.4 Å². The van der Waals surface area contributed by atoms with Crippen LogP contribution in [-0.2, 0) is 0 Å². The van der Waals surface area contributed by atoms with Gasteiger partial charge in [-0.2, -0.15) is 0 Å². The van der Waals surface area contributed by atoms with Crippen molar-refractivity contribution in [2.45, 2.75) is 46.0 Å². The average molecular weight is 298 g/mol. The van der Waals surface area contributed by atoms with E-state index in [1.165, 1.54) is 18.9 Å². The fraction of sp³-hybridized carbons (Fsp3) is 0.562. The Morgan fingerprint density at radius 1 is 1.10 bits per heavy atom. The van der Waals surface area contributed by atoms with E-state index in [1.807, 2.05) is 0 Å². The van der Waals surface area contributed by atoms with Gasteiger partial charge in [-0.15, -0.1) is 0 Å². The molecule has 0 unspecified atom stereocenters. The van der Waals surface area contributed by atoms with Crippen LogP contribution in [0.2, 0.25) is 0 Å². The van der Waals surface area contributed by atoms with Crippen molar-refractivity contribution in [3.63, 3.8) is 0 Å². The van der Waals surface area contributed by atoms with Crippen molar-refractivity contribution in [2.24, 2.45) is 5.92 Å². The van der Waals surface area contributed by atoms with E-state index in [0.29, 0.717) is 6.54 Å².